The van der Waals surface area contributed by atoms with E-state index in [-0.39, 0.29) is 11.7 Å². The van der Waals surface area contributed by atoms with Crippen molar-refractivity contribution < 1.29 is 4.39 Å². The number of benzene rings is 1. The van der Waals surface area contributed by atoms with Crippen molar-refractivity contribution in [3.63, 3.8) is 0 Å². The zero-order valence-electron chi connectivity index (χ0n) is 12.9. The maximum absolute atomic E-state index is 13.6. The first-order valence-corrected chi connectivity index (χ1v) is 7.45. The predicted molar refractivity (Wildman–Crippen MR) is 84.0 cm³/mol. The Bertz CT molecular complexity index is 495. The lowest BCUT2D eigenvalue weighted by atomic mass is 9.96. The molecule has 1 aromatic rings. The SMILES string of the molecule is CN1CCC(CN(C)Cc2cc(F)cc(C(=N)N)c2)CC1. The third-order valence-corrected chi connectivity index (χ3v) is 4.13. The molecule has 1 aliphatic rings. The third kappa shape index (κ3) is 4.79. The summed E-state index contributed by atoms with van der Waals surface area (Å²) >= 11 is 0. The van der Waals surface area contributed by atoms with E-state index in [1.807, 2.05) is 0 Å². The lowest BCUT2D eigenvalue weighted by Gasteiger charge is -2.31. The first kappa shape index (κ1) is 15.9. The Balaban J connectivity index is 1.93. The Morgan fingerprint density at radius 1 is 1.38 bits per heavy atom. The number of nitrogens with two attached hydrogens (primary N) is 1. The number of likely N-dealkylation sites (tertiary alicyclic amines) is 1. The zero-order valence-corrected chi connectivity index (χ0v) is 12.9. The van der Waals surface area contributed by atoms with E-state index in [1.165, 1.54) is 25.0 Å². The summed E-state index contributed by atoms with van der Waals surface area (Å²) in [5.74, 6) is 0.297. The van der Waals surface area contributed by atoms with E-state index in [1.54, 1.807) is 6.07 Å². The second kappa shape index (κ2) is 7.00. The second-order valence-electron chi connectivity index (χ2n) is 6.21. The number of hydrogen-bond acceptors (Lipinski definition) is 3. The van der Waals surface area contributed by atoms with Gasteiger partial charge in [0.25, 0.3) is 0 Å². The van der Waals surface area contributed by atoms with Crippen molar-refractivity contribution in [1.29, 1.82) is 5.41 Å². The van der Waals surface area contributed by atoms with Crippen LogP contribution in [-0.2, 0) is 6.54 Å². The molecular formula is C16H25FN4. The first-order valence-electron chi connectivity index (χ1n) is 7.45. The number of nitrogens with one attached hydrogen (secondary N) is 1. The van der Waals surface area contributed by atoms with Crippen molar-refractivity contribution >= 4 is 5.84 Å². The summed E-state index contributed by atoms with van der Waals surface area (Å²) in [4.78, 5) is 4.59. The number of halogens is 1. The fourth-order valence-corrected chi connectivity index (χ4v) is 2.96. The van der Waals surface area contributed by atoms with Crippen LogP contribution in [0.3, 0.4) is 0 Å². The quantitative estimate of drug-likeness (QED) is 0.643. The van der Waals surface area contributed by atoms with Crippen LogP contribution in [0.25, 0.3) is 0 Å². The van der Waals surface area contributed by atoms with Crippen molar-refractivity contribution in [2.24, 2.45) is 11.7 Å². The summed E-state index contributed by atoms with van der Waals surface area (Å²) in [6, 6.07) is 4.64. The fourth-order valence-electron chi connectivity index (χ4n) is 2.96. The normalized spacial score (nSPS) is 17.3. The molecule has 0 spiro atoms. The molecule has 0 radical (unpaired) electrons. The third-order valence-electron chi connectivity index (χ3n) is 4.13. The minimum atomic E-state index is -0.328. The second-order valence-corrected chi connectivity index (χ2v) is 6.21. The van der Waals surface area contributed by atoms with E-state index in [0.29, 0.717) is 18.0 Å². The monoisotopic (exact) mass is 292 g/mol. The number of nitrogens with zero attached hydrogens (tertiary/aromatic N) is 2. The minimum absolute atomic E-state index is 0.0891. The molecule has 2 rings (SSSR count). The van der Waals surface area contributed by atoms with E-state index in [2.05, 4.69) is 23.9 Å². The Labute approximate surface area is 126 Å². The van der Waals surface area contributed by atoms with Crippen LogP contribution in [-0.4, -0.2) is 49.4 Å². The first-order chi connectivity index (χ1) is 9.94. The van der Waals surface area contributed by atoms with Gasteiger partial charge in [-0.15, -0.1) is 0 Å². The smallest absolute Gasteiger partial charge is 0.124 e. The van der Waals surface area contributed by atoms with E-state index >= 15 is 0 Å². The molecule has 0 aromatic heterocycles. The highest BCUT2D eigenvalue weighted by Gasteiger charge is 2.18. The molecule has 1 fully saturated rings. The largest absolute Gasteiger partial charge is 0.384 e. The summed E-state index contributed by atoms with van der Waals surface area (Å²) in [6.07, 6.45) is 2.45. The predicted octanol–water partition coefficient (Wildman–Crippen LogP) is 1.88. The van der Waals surface area contributed by atoms with Crippen molar-refractivity contribution in [3.05, 3.63) is 35.1 Å². The van der Waals surface area contributed by atoms with Crippen molar-refractivity contribution in [1.82, 2.24) is 9.80 Å². The molecule has 0 saturated carbocycles. The molecule has 4 nitrogen and oxygen atoms in total. The Morgan fingerprint density at radius 2 is 2.05 bits per heavy atom. The Hall–Kier alpha value is -1.46. The highest BCUT2D eigenvalue weighted by molar-refractivity contribution is 5.95. The van der Waals surface area contributed by atoms with E-state index in [9.17, 15) is 4.39 Å². The molecule has 0 bridgehead atoms. The van der Waals surface area contributed by atoms with Gasteiger partial charge in [-0.1, -0.05) is 0 Å². The molecule has 5 heteroatoms. The van der Waals surface area contributed by atoms with Gasteiger partial charge in [0.1, 0.15) is 11.7 Å². The molecular weight excluding hydrogens is 267 g/mol. The summed E-state index contributed by atoms with van der Waals surface area (Å²) in [6.45, 7) is 4.03. The molecule has 0 unspecified atom stereocenters. The Morgan fingerprint density at radius 3 is 2.67 bits per heavy atom. The molecule has 21 heavy (non-hydrogen) atoms. The highest BCUT2D eigenvalue weighted by atomic mass is 19.1. The molecule has 0 atom stereocenters. The molecule has 1 heterocycles. The summed E-state index contributed by atoms with van der Waals surface area (Å²) < 4.78 is 13.6. The van der Waals surface area contributed by atoms with Crippen molar-refractivity contribution in [3.8, 4) is 0 Å². The van der Waals surface area contributed by atoms with E-state index in [0.717, 1.165) is 25.2 Å². The van der Waals surface area contributed by atoms with Crippen LogP contribution in [0.1, 0.15) is 24.0 Å². The molecule has 1 aromatic carbocycles. The Kier molecular flexibility index (Phi) is 5.31. The van der Waals surface area contributed by atoms with Gasteiger partial charge in [-0.25, -0.2) is 4.39 Å². The lowest BCUT2D eigenvalue weighted by Crippen LogP contribution is -2.35. The van der Waals surface area contributed by atoms with Crippen LogP contribution in [0.15, 0.2) is 18.2 Å². The summed E-state index contributed by atoms with van der Waals surface area (Å²) in [5.41, 5.74) is 6.77. The van der Waals surface area contributed by atoms with Crippen LogP contribution >= 0.6 is 0 Å². The maximum Gasteiger partial charge on any atom is 0.124 e. The molecule has 1 saturated heterocycles. The maximum atomic E-state index is 13.6. The number of nitrogen functional groups attached to an aromatic ring is 1. The van der Waals surface area contributed by atoms with Crippen molar-refractivity contribution in [2.75, 3.05) is 33.7 Å². The van der Waals surface area contributed by atoms with Gasteiger partial charge in [-0.3, -0.25) is 5.41 Å². The average Bonchev–Trinajstić information content (AvgIpc) is 2.40. The lowest BCUT2D eigenvalue weighted by molar-refractivity contribution is 0.173. The average molecular weight is 292 g/mol. The molecule has 0 aliphatic carbocycles. The van der Waals surface area contributed by atoms with Gasteiger partial charge in [0.15, 0.2) is 0 Å². The number of rotatable bonds is 5. The standard InChI is InChI=1S/C16H25FN4/c1-20-5-3-12(4-6-20)10-21(2)11-13-7-14(16(18)19)9-15(17)8-13/h7-9,12H,3-6,10-11H2,1-2H3,(H3,18,19). The fraction of sp³-hybridized carbons (Fsp3) is 0.562. The molecule has 0 amide bonds. The van der Waals surface area contributed by atoms with Gasteiger partial charge in [0.2, 0.25) is 0 Å². The van der Waals surface area contributed by atoms with Gasteiger partial charge in [0, 0.05) is 18.7 Å². The van der Waals surface area contributed by atoms with Crippen LogP contribution in [0, 0.1) is 17.1 Å². The van der Waals surface area contributed by atoms with Crippen LogP contribution in [0.4, 0.5) is 4.39 Å². The zero-order chi connectivity index (χ0) is 15.4. The number of piperidine rings is 1. The number of amidine groups is 1. The molecule has 1 aliphatic heterocycles. The highest BCUT2D eigenvalue weighted by Crippen LogP contribution is 2.18. The van der Waals surface area contributed by atoms with Gasteiger partial charge in [-0.2, -0.15) is 0 Å². The van der Waals surface area contributed by atoms with Crippen LogP contribution < -0.4 is 5.73 Å². The van der Waals surface area contributed by atoms with Gasteiger partial charge in [-0.05, 0) is 69.7 Å². The van der Waals surface area contributed by atoms with Crippen molar-refractivity contribution in [2.45, 2.75) is 19.4 Å². The summed E-state index contributed by atoms with van der Waals surface area (Å²) in [7, 11) is 4.23. The number of hydrogen-bond donors (Lipinski definition) is 2. The van der Waals surface area contributed by atoms with Gasteiger partial charge in [0.05, 0.1) is 0 Å². The molecule has 3 N–H and O–H groups in total. The van der Waals surface area contributed by atoms with Crippen LogP contribution in [0.2, 0.25) is 0 Å². The van der Waals surface area contributed by atoms with Gasteiger partial charge < -0.3 is 15.5 Å². The summed E-state index contributed by atoms with van der Waals surface area (Å²) in [5, 5.41) is 7.43. The minimum Gasteiger partial charge on any atom is -0.384 e. The van der Waals surface area contributed by atoms with Crippen LogP contribution in [0.5, 0.6) is 0 Å². The topological polar surface area (TPSA) is 56.4 Å². The van der Waals surface area contributed by atoms with E-state index < -0.39 is 0 Å². The van der Waals surface area contributed by atoms with Gasteiger partial charge >= 0.3 is 0 Å². The molecule has 116 valence electrons. The van der Waals surface area contributed by atoms with E-state index in [4.69, 9.17) is 11.1 Å².